The highest BCUT2D eigenvalue weighted by molar-refractivity contribution is 5.37. The number of aryl methyl sites for hydroxylation is 1. The van der Waals surface area contributed by atoms with Gasteiger partial charge in [-0.3, -0.25) is 4.90 Å². The standard InChI is InChI=1S/C13H19NO/c1-10-5-6-13(15)12(9-10)11(2)14-7-3-4-8-14/h5-6,9,11,15H,3-4,7-8H2,1-2H3. The van der Waals surface area contributed by atoms with Gasteiger partial charge >= 0.3 is 0 Å². The minimum Gasteiger partial charge on any atom is -0.508 e. The Morgan fingerprint density at radius 1 is 1.27 bits per heavy atom. The van der Waals surface area contributed by atoms with E-state index >= 15 is 0 Å². The Labute approximate surface area is 91.5 Å². The summed E-state index contributed by atoms with van der Waals surface area (Å²) in [5.74, 6) is 0.431. The monoisotopic (exact) mass is 205 g/mol. The van der Waals surface area contributed by atoms with Gasteiger partial charge in [0.15, 0.2) is 0 Å². The Balaban J connectivity index is 2.23. The molecule has 0 aromatic heterocycles. The van der Waals surface area contributed by atoms with E-state index in [4.69, 9.17) is 0 Å². The molecule has 1 saturated heterocycles. The summed E-state index contributed by atoms with van der Waals surface area (Å²) in [4.78, 5) is 2.44. The normalized spacial score (nSPS) is 19.3. The predicted molar refractivity (Wildman–Crippen MR) is 62.1 cm³/mol. The van der Waals surface area contributed by atoms with Crippen molar-refractivity contribution in [1.29, 1.82) is 0 Å². The molecule has 2 nitrogen and oxygen atoms in total. The number of benzene rings is 1. The molecule has 1 aromatic rings. The lowest BCUT2D eigenvalue weighted by Crippen LogP contribution is -2.23. The molecule has 0 radical (unpaired) electrons. The van der Waals surface area contributed by atoms with Crippen molar-refractivity contribution < 1.29 is 5.11 Å². The second-order valence-electron chi connectivity index (χ2n) is 4.48. The van der Waals surface area contributed by atoms with Gasteiger partial charge in [-0.15, -0.1) is 0 Å². The van der Waals surface area contributed by atoms with Gasteiger partial charge in [0, 0.05) is 11.6 Å². The third kappa shape index (κ3) is 2.15. The first-order valence-electron chi connectivity index (χ1n) is 5.72. The summed E-state index contributed by atoms with van der Waals surface area (Å²) in [7, 11) is 0. The van der Waals surface area contributed by atoms with E-state index in [-0.39, 0.29) is 0 Å². The zero-order chi connectivity index (χ0) is 10.8. The van der Waals surface area contributed by atoms with Gasteiger partial charge in [0.25, 0.3) is 0 Å². The van der Waals surface area contributed by atoms with E-state index in [1.54, 1.807) is 6.07 Å². The second kappa shape index (κ2) is 4.23. The van der Waals surface area contributed by atoms with Crippen LogP contribution in [0.15, 0.2) is 18.2 Å². The van der Waals surface area contributed by atoms with Crippen LogP contribution in [-0.2, 0) is 0 Å². The van der Waals surface area contributed by atoms with Crippen LogP contribution in [0.1, 0.15) is 36.9 Å². The lowest BCUT2D eigenvalue weighted by Gasteiger charge is -2.25. The number of aromatic hydroxyl groups is 1. The molecule has 1 unspecified atom stereocenters. The fourth-order valence-electron chi connectivity index (χ4n) is 2.33. The van der Waals surface area contributed by atoms with E-state index in [1.807, 2.05) is 6.07 Å². The van der Waals surface area contributed by atoms with Gasteiger partial charge in [0.2, 0.25) is 0 Å². The summed E-state index contributed by atoms with van der Waals surface area (Å²) in [6, 6.07) is 6.19. The molecule has 0 bridgehead atoms. The van der Waals surface area contributed by atoms with Crippen LogP contribution in [0.5, 0.6) is 5.75 Å². The smallest absolute Gasteiger partial charge is 0.120 e. The molecule has 1 atom stereocenters. The number of hydrogen-bond acceptors (Lipinski definition) is 2. The predicted octanol–water partition coefficient (Wildman–Crippen LogP) is 2.86. The number of phenolic OH excluding ortho intramolecular Hbond substituents is 1. The van der Waals surface area contributed by atoms with Crippen molar-refractivity contribution >= 4 is 0 Å². The molecule has 82 valence electrons. The summed E-state index contributed by atoms with van der Waals surface area (Å²) in [6.45, 7) is 6.57. The average molecular weight is 205 g/mol. The van der Waals surface area contributed by atoms with E-state index in [2.05, 4.69) is 24.8 Å². The second-order valence-corrected chi connectivity index (χ2v) is 4.48. The van der Waals surface area contributed by atoms with Crippen molar-refractivity contribution in [3.05, 3.63) is 29.3 Å². The molecule has 1 heterocycles. The number of nitrogens with zero attached hydrogens (tertiary/aromatic N) is 1. The maximum atomic E-state index is 9.84. The molecule has 1 aliphatic heterocycles. The topological polar surface area (TPSA) is 23.5 Å². The summed E-state index contributed by atoms with van der Waals surface area (Å²) in [6.07, 6.45) is 2.58. The summed E-state index contributed by atoms with van der Waals surface area (Å²) >= 11 is 0. The lowest BCUT2D eigenvalue weighted by atomic mass is 10.0. The molecule has 1 aliphatic rings. The fourth-order valence-corrected chi connectivity index (χ4v) is 2.33. The van der Waals surface area contributed by atoms with E-state index in [0.717, 1.165) is 18.7 Å². The van der Waals surface area contributed by atoms with Crippen molar-refractivity contribution in [2.45, 2.75) is 32.7 Å². The third-order valence-corrected chi connectivity index (χ3v) is 3.32. The van der Waals surface area contributed by atoms with Gasteiger partial charge in [-0.25, -0.2) is 0 Å². The number of phenols is 1. The Hall–Kier alpha value is -1.02. The van der Waals surface area contributed by atoms with Crippen molar-refractivity contribution in [1.82, 2.24) is 4.90 Å². The number of likely N-dealkylation sites (tertiary alicyclic amines) is 1. The number of hydrogen-bond donors (Lipinski definition) is 1. The van der Waals surface area contributed by atoms with Gasteiger partial charge in [-0.1, -0.05) is 17.7 Å². The summed E-state index contributed by atoms with van der Waals surface area (Å²) in [5.41, 5.74) is 2.28. The van der Waals surface area contributed by atoms with Crippen molar-refractivity contribution in [3.8, 4) is 5.75 Å². The minimum absolute atomic E-state index is 0.340. The molecule has 0 spiro atoms. The van der Waals surface area contributed by atoms with Crippen LogP contribution >= 0.6 is 0 Å². The van der Waals surface area contributed by atoms with E-state index in [0.29, 0.717) is 11.8 Å². The lowest BCUT2D eigenvalue weighted by molar-refractivity contribution is 0.257. The van der Waals surface area contributed by atoms with Crippen molar-refractivity contribution in [2.75, 3.05) is 13.1 Å². The molecule has 0 aliphatic carbocycles. The highest BCUT2D eigenvalue weighted by Crippen LogP contribution is 2.31. The first-order chi connectivity index (χ1) is 7.18. The quantitative estimate of drug-likeness (QED) is 0.802. The molecule has 2 rings (SSSR count). The molecule has 1 N–H and O–H groups in total. The molecule has 1 aromatic carbocycles. The average Bonchev–Trinajstić information content (AvgIpc) is 2.74. The van der Waals surface area contributed by atoms with Crippen LogP contribution < -0.4 is 0 Å². The maximum Gasteiger partial charge on any atom is 0.120 e. The zero-order valence-electron chi connectivity index (χ0n) is 9.53. The largest absolute Gasteiger partial charge is 0.508 e. The molecule has 0 saturated carbocycles. The molecule has 0 amide bonds. The van der Waals surface area contributed by atoms with Crippen LogP contribution in [0, 0.1) is 6.92 Å². The Kier molecular flexibility index (Phi) is 2.96. The Bertz CT molecular complexity index is 342. The maximum absolute atomic E-state index is 9.84. The summed E-state index contributed by atoms with van der Waals surface area (Å²) < 4.78 is 0. The van der Waals surface area contributed by atoms with Gasteiger partial charge < -0.3 is 5.11 Å². The van der Waals surface area contributed by atoms with Crippen LogP contribution in [0.3, 0.4) is 0 Å². The van der Waals surface area contributed by atoms with Gasteiger partial charge in [-0.05, 0) is 45.8 Å². The molecular formula is C13H19NO. The SMILES string of the molecule is Cc1ccc(O)c(C(C)N2CCCC2)c1. The van der Waals surface area contributed by atoms with Crippen LogP contribution in [-0.4, -0.2) is 23.1 Å². The highest BCUT2D eigenvalue weighted by atomic mass is 16.3. The third-order valence-electron chi connectivity index (χ3n) is 3.32. The van der Waals surface area contributed by atoms with Gasteiger partial charge in [0.1, 0.15) is 5.75 Å². The minimum atomic E-state index is 0.340. The van der Waals surface area contributed by atoms with E-state index in [1.165, 1.54) is 18.4 Å². The van der Waals surface area contributed by atoms with Crippen LogP contribution in [0.4, 0.5) is 0 Å². The van der Waals surface area contributed by atoms with Crippen LogP contribution in [0.25, 0.3) is 0 Å². The van der Waals surface area contributed by atoms with E-state index < -0.39 is 0 Å². The number of rotatable bonds is 2. The molecule has 2 heteroatoms. The van der Waals surface area contributed by atoms with Gasteiger partial charge in [0.05, 0.1) is 0 Å². The van der Waals surface area contributed by atoms with Gasteiger partial charge in [-0.2, -0.15) is 0 Å². The molecule has 1 fully saturated rings. The Morgan fingerprint density at radius 2 is 1.93 bits per heavy atom. The summed E-state index contributed by atoms with van der Waals surface area (Å²) in [5, 5.41) is 9.84. The highest BCUT2D eigenvalue weighted by Gasteiger charge is 2.21. The van der Waals surface area contributed by atoms with Crippen molar-refractivity contribution in [3.63, 3.8) is 0 Å². The zero-order valence-corrected chi connectivity index (χ0v) is 9.53. The molecule has 15 heavy (non-hydrogen) atoms. The Morgan fingerprint density at radius 3 is 2.60 bits per heavy atom. The fraction of sp³-hybridized carbons (Fsp3) is 0.538. The van der Waals surface area contributed by atoms with Crippen molar-refractivity contribution in [2.24, 2.45) is 0 Å². The van der Waals surface area contributed by atoms with Crippen LogP contribution in [0.2, 0.25) is 0 Å². The molecular weight excluding hydrogens is 186 g/mol. The van der Waals surface area contributed by atoms with E-state index in [9.17, 15) is 5.11 Å². The first-order valence-corrected chi connectivity index (χ1v) is 5.72. The first kappa shape index (κ1) is 10.5.